The molecule has 1 fully saturated rings. The number of ether oxygens (including phenoxy) is 2. The Morgan fingerprint density at radius 2 is 1.77 bits per heavy atom. The first kappa shape index (κ1) is 33.6. The molecule has 0 saturated heterocycles. The number of nitrogens with one attached hydrogen (secondary N) is 1. The smallest absolute Gasteiger partial charge is 0.270 e. The van der Waals surface area contributed by atoms with Gasteiger partial charge in [-0.05, 0) is 49.6 Å². The zero-order chi connectivity index (χ0) is 34.0. The molecule has 47 heavy (non-hydrogen) atoms. The van der Waals surface area contributed by atoms with E-state index in [1.807, 2.05) is 26.0 Å². The van der Waals surface area contributed by atoms with E-state index < -0.39 is 27.6 Å². The summed E-state index contributed by atoms with van der Waals surface area (Å²) in [5.74, 6) is -1.67. The third-order valence-electron chi connectivity index (χ3n) is 8.35. The summed E-state index contributed by atoms with van der Waals surface area (Å²) in [5, 5.41) is 0. The minimum Gasteiger partial charge on any atom is -0.497 e. The summed E-state index contributed by atoms with van der Waals surface area (Å²) in [5.41, 5.74) is 3.30. The van der Waals surface area contributed by atoms with Crippen molar-refractivity contribution in [1.29, 1.82) is 0 Å². The highest BCUT2D eigenvalue weighted by Crippen LogP contribution is 2.41. The van der Waals surface area contributed by atoms with Crippen molar-refractivity contribution in [2.45, 2.75) is 70.3 Å². The van der Waals surface area contributed by atoms with Gasteiger partial charge in [0.2, 0.25) is 5.88 Å². The number of hydrogen-bond acceptors (Lipinski definition) is 11. The van der Waals surface area contributed by atoms with Gasteiger partial charge in [-0.25, -0.2) is 18.4 Å². The quantitative estimate of drug-likeness (QED) is 0.227. The Kier molecular flexibility index (Phi) is 9.66. The van der Waals surface area contributed by atoms with Crippen molar-refractivity contribution in [2.75, 3.05) is 12.9 Å². The fourth-order valence-corrected chi connectivity index (χ4v) is 7.94. The molecule has 2 aromatic heterocycles. The maximum absolute atomic E-state index is 13.3. The Hall–Kier alpha value is -4.78. The second kappa shape index (κ2) is 13.5. The molecular formula is C34H36N4O8S. The van der Waals surface area contributed by atoms with Crippen molar-refractivity contribution in [3.05, 3.63) is 81.2 Å². The molecule has 1 N–H and O–H groups in total. The Morgan fingerprint density at radius 3 is 2.40 bits per heavy atom. The van der Waals surface area contributed by atoms with E-state index in [0.717, 1.165) is 5.52 Å². The first-order valence-electron chi connectivity index (χ1n) is 15.3. The molecule has 13 heteroatoms. The number of hydrogen-bond donors (Lipinski definition) is 1. The average Bonchev–Trinajstić information content (AvgIpc) is 3.03. The van der Waals surface area contributed by atoms with Crippen molar-refractivity contribution in [2.24, 2.45) is 5.92 Å². The monoisotopic (exact) mass is 660 g/mol. The van der Waals surface area contributed by atoms with Gasteiger partial charge in [0.25, 0.3) is 5.56 Å². The molecule has 2 aliphatic rings. The van der Waals surface area contributed by atoms with Crippen LogP contribution in [0.5, 0.6) is 11.6 Å². The standard InChI is InChI=1S/C22H22N2O6S.C12H14N2O2/c1-12-10-14(21(27)20-15(25)4-3-5-16(20)26)13(2)19-17(6-9-31(28,29)22(12)19)30-18-11-23-7-8-24-18;1-7(2)11-12(15)14-10-6-8(16-3)4-5-9(10)13-11/h7-8,10-11,17,20H,3-6,9H2,1-2H3;4-7H,1-3H3,(H,14,15). The van der Waals surface area contributed by atoms with Crippen LogP contribution in [0.3, 0.4) is 0 Å². The summed E-state index contributed by atoms with van der Waals surface area (Å²) in [6.07, 6.45) is 4.76. The number of rotatable bonds is 6. The van der Waals surface area contributed by atoms with Crippen molar-refractivity contribution < 1.29 is 32.3 Å². The molecule has 0 radical (unpaired) electrons. The maximum atomic E-state index is 13.3. The molecule has 2 aromatic carbocycles. The zero-order valence-electron chi connectivity index (χ0n) is 26.8. The molecule has 1 unspecified atom stereocenters. The lowest BCUT2D eigenvalue weighted by molar-refractivity contribution is -0.133. The van der Waals surface area contributed by atoms with E-state index >= 15 is 0 Å². The molecule has 0 bridgehead atoms. The number of aryl methyl sites for hydroxylation is 1. The van der Waals surface area contributed by atoms with Gasteiger partial charge in [0.1, 0.15) is 23.5 Å². The molecule has 0 spiro atoms. The number of methoxy groups -OCH3 is 1. The number of aromatic nitrogens is 4. The lowest BCUT2D eigenvalue weighted by atomic mass is 9.79. The van der Waals surface area contributed by atoms with Crippen LogP contribution in [-0.4, -0.2) is 58.6 Å². The lowest BCUT2D eigenvalue weighted by Crippen LogP contribution is -2.36. The number of carbonyl (C=O) groups is 3. The number of nitrogens with zero attached hydrogens (tertiary/aromatic N) is 3. The van der Waals surface area contributed by atoms with Crippen molar-refractivity contribution in [3.8, 4) is 11.6 Å². The third kappa shape index (κ3) is 6.85. The van der Waals surface area contributed by atoms with E-state index in [2.05, 4.69) is 19.9 Å². The van der Waals surface area contributed by atoms with Gasteiger partial charge in [0.15, 0.2) is 27.2 Å². The summed E-state index contributed by atoms with van der Waals surface area (Å²) in [6.45, 7) is 7.15. The minimum atomic E-state index is -3.57. The summed E-state index contributed by atoms with van der Waals surface area (Å²) in [6, 6.07) is 6.93. The highest BCUT2D eigenvalue weighted by molar-refractivity contribution is 7.91. The average molecular weight is 661 g/mol. The van der Waals surface area contributed by atoms with Crippen LogP contribution in [0, 0.1) is 19.8 Å². The SMILES string of the molecule is COc1ccc2nc(C(C)C)c(=O)[nH]c2c1.Cc1cc(C(=O)C2C(=O)CCCC2=O)c(C)c2c1S(=O)(=O)CCC2Oc1cnccn1. The molecule has 1 atom stereocenters. The van der Waals surface area contributed by atoms with Gasteiger partial charge >= 0.3 is 0 Å². The van der Waals surface area contributed by atoms with Crippen LogP contribution in [0.15, 0.2) is 52.5 Å². The van der Waals surface area contributed by atoms with Crippen LogP contribution in [0.1, 0.15) is 84.3 Å². The second-order valence-electron chi connectivity index (χ2n) is 11.9. The van der Waals surface area contributed by atoms with E-state index in [4.69, 9.17) is 9.47 Å². The van der Waals surface area contributed by atoms with Gasteiger partial charge in [-0.15, -0.1) is 0 Å². The van der Waals surface area contributed by atoms with Gasteiger partial charge in [0.05, 0.1) is 35.0 Å². The molecule has 1 aliphatic heterocycles. The van der Waals surface area contributed by atoms with Crippen LogP contribution in [0.2, 0.25) is 0 Å². The maximum Gasteiger partial charge on any atom is 0.270 e. The van der Waals surface area contributed by atoms with Crippen LogP contribution in [0.4, 0.5) is 0 Å². The number of sulfone groups is 1. The first-order valence-corrected chi connectivity index (χ1v) is 16.9. The third-order valence-corrected chi connectivity index (χ3v) is 10.3. The highest BCUT2D eigenvalue weighted by Gasteiger charge is 2.40. The van der Waals surface area contributed by atoms with Crippen molar-refractivity contribution >= 4 is 38.2 Å². The van der Waals surface area contributed by atoms with Crippen molar-refractivity contribution in [1.82, 2.24) is 19.9 Å². The van der Waals surface area contributed by atoms with Crippen molar-refractivity contribution in [3.63, 3.8) is 0 Å². The molecule has 12 nitrogen and oxygen atoms in total. The predicted octanol–water partition coefficient (Wildman–Crippen LogP) is 4.57. The molecule has 0 amide bonds. The summed E-state index contributed by atoms with van der Waals surface area (Å²) in [7, 11) is -1.98. The van der Waals surface area contributed by atoms with Crippen LogP contribution in [-0.2, 0) is 19.4 Å². The summed E-state index contributed by atoms with van der Waals surface area (Å²) in [4.78, 5) is 65.0. The van der Waals surface area contributed by atoms with E-state index in [1.54, 1.807) is 27.0 Å². The molecule has 3 heterocycles. The Morgan fingerprint density at radius 1 is 1.04 bits per heavy atom. The van der Waals surface area contributed by atoms with E-state index in [9.17, 15) is 27.6 Å². The number of ketones is 3. The largest absolute Gasteiger partial charge is 0.497 e. The lowest BCUT2D eigenvalue weighted by Gasteiger charge is -2.30. The highest BCUT2D eigenvalue weighted by atomic mass is 32.2. The Bertz CT molecular complexity index is 2020. The van der Waals surface area contributed by atoms with E-state index in [-0.39, 0.29) is 64.4 Å². The van der Waals surface area contributed by atoms with Gasteiger partial charge in [-0.3, -0.25) is 24.2 Å². The summed E-state index contributed by atoms with van der Waals surface area (Å²) < 4.78 is 36.7. The zero-order valence-corrected chi connectivity index (χ0v) is 27.6. The van der Waals surface area contributed by atoms with Crippen LogP contribution >= 0.6 is 0 Å². The Labute approximate surface area is 271 Å². The topological polar surface area (TPSA) is 175 Å². The molecule has 1 aliphatic carbocycles. The van der Waals surface area contributed by atoms with Gasteiger partial charge in [-0.1, -0.05) is 13.8 Å². The predicted molar refractivity (Wildman–Crippen MR) is 173 cm³/mol. The molecule has 1 saturated carbocycles. The molecule has 246 valence electrons. The van der Waals surface area contributed by atoms with Gasteiger partial charge in [-0.2, -0.15) is 0 Å². The summed E-state index contributed by atoms with van der Waals surface area (Å²) >= 11 is 0. The number of benzene rings is 2. The Balaban J connectivity index is 0.000000227. The van der Waals surface area contributed by atoms with E-state index in [1.165, 1.54) is 24.7 Å². The van der Waals surface area contributed by atoms with Crippen LogP contribution in [0.25, 0.3) is 11.0 Å². The number of carbonyl (C=O) groups excluding carboxylic acids is 3. The van der Waals surface area contributed by atoms with E-state index in [0.29, 0.717) is 40.1 Å². The number of H-pyrrole nitrogens is 1. The fourth-order valence-electron chi connectivity index (χ4n) is 6.04. The normalized spacial score (nSPS) is 17.5. The molecule has 4 aromatic rings. The van der Waals surface area contributed by atoms with Gasteiger partial charge in [0, 0.05) is 54.8 Å². The number of Topliss-reactive ketones (excluding diaryl/α,β-unsaturated/α-hetero) is 3. The molecular weight excluding hydrogens is 624 g/mol. The van der Waals surface area contributed by atoms with Crippen LogP contribution < -0.4 is 15.0 Å². The molecule has 6 rings (SSSR count). The van der Waals surface area contributed by atoms with Gasteiger partial charge < -0.3 is 14.5 Å². The fraction of sp³-hybridized carbons (Fsp3) is 0.382. The second-order valence-corrected chi connectivity index (χ2v) is 14.0. The minimum absolute atomic E-state index is 0.0991. The first-order chi connectivity index (χ1) is 22.3. The number of fused-ring (bicyclic) bond motifs is 2. The number of aromatic amines is 1.